The van der Waals surface area contributed by atoms with E-state index in [-0.39, 0.29) is 0 Å². The number of hydrogen-bond acceptors (Lipinski definition) is 3. The summed E-state index contributed by atoms with van der Waals surface area (Å²) >= 11 is 0. The van der Waals surface area contributed by atoms with Crippen LogP contribution >= 0.6 is 0 Å². The van der Waals surface area contributed by atoms with Crippen LogP contribution in [0.5, 0.6) is 11.5 Å². The second-order valence-corrected chi connectivity index (χ2v) is 5.75. The molecule has 0 heterocycles. The van der Waals surface area contributed by atoms with Gasteiger partial charge in [0.05, 0.1) is 14.2 Å². The molecule has 0 fully saturated rings. The molecule has 0 saturated heterocycles. The summed E-state index contributed by atoms with van der Waals surface area (Å²) in [7, 11) is 3.42. The van der Waals surface area contributed by atoms with Crippen LogP contribution in [0, 0.1) is 0 Å². The third kappa shape index (κ3) is 3.69. The highest BCUT2D eigenvalue weighted by Gasteiger charge is 2.05. The predicted octanol–water partition coefficient (Wildman–Crippen LogP) is 4.19. The van der Waals surface area contributed by atoms with Gasteiger partial charge in [0.15, 0.2) is 0 Å². The van der Waals surface area contributed by atoms with Gasteiger partial charge in [0.25, 0.3) is 0 Å². The molecule has 1 N–H and O–H groups in total. The molecular weight excluding hydrogens is 298 g/mol. The maximum absolute atomic E-state index is 5.46. The molecule has 0 aromatic heterocycles. The van der Waals surface area contributed by atoms with Crippen molar-refractivity contribution in [3.63, 3.8) is 0 Å². The van der Waals surface area contributed by atoms with Crippen molar-refractivity contribution in [2.45, 2.75) is 13.0 Å². The molecule has 0 amide bonds. The highest BCUT2D eigenvalue weighted by molar-refractivity contribution is 5.91. The molecule has 3 rings (SSSR count). The van der Waals surface area contributed by atoms with Crippen molar-refractivity contribution in [1.29, 1.82) is 0 Å². The van der Waals surface area contributed by atoms with Gasteiger partial charge < -0.3 is 14.8 Å². The Balaban J connectivity index is 1.64. The largest absolute Gasteiger partial charge is 0.497 e. The van der Waals surface area contributed by atoms with Crippen molar-refractivity contribution in [2.24, 2.45) is 0 Å². The third-order valence-electron chi connectivity index (χ3n) is 4.23. The first-order chi connectivity index (χ1) is 11.8. The van der Waals surface area contributed by atoms with Crippen molar-refractivity contribution in [3.05, 3.63) is 71.8 Å². The molecule has 3 nitrogen and oxygen atoms in total. The van der Waals surface area contributed by atoms with E-state index in [1.165, 1.54) is 16.5 Å². The lowest BCUT2D eigenvalue weighted by Crippen LogP contribution is -2.16. The fourth-order valence-corrected chi connectivity index (χ4v) is 2.95. The highest BCUT2D eigenvalue weighted by atomic mass is 16.5. The molecule has 0 aliphatic rings. The second kappa shape index (κ2) is 7.84. The molecule has 0 unspecified atom stereocenters. The van der Waals surface area contributed by atoms with Crippen LogP contribution in [0.4, 0.5) is 0 Å². The van der Waals surface area contributed by atoms with Crippen molar-refractivity contribution in [2.75, 3.05) is 20.8 Å². The minimum atomic E-state index is 0.842. The number of benzene rings is 3. The van der Waals surface area contributed by atoms with E-state index in [2.05, 4.69) is 41.7 Å². The molecule has 3 heteroatoms. The monoisotopic (exact) mass is 321 g/mol. The highest BCUT2D eigenvalue weighted by Crippen LogP contribution is 2.28. The molecule has 124 valence electrons. The summed E-state index contributed by atoms with van der Waals surface area (Å²) in [4.78, 5) is 0. The lowest BCUT2D eigenvalue weighted by atomic mass is 10.0. The summed E-state index contributed by atoms with van der Waals surface area (Å²) < 4.78 is 10.7. The van der Waals surface area contributed by atoms with Crippen LogP contribution in [0.25, 0.3) is 10.8 Å². The Kier molecular flexibility index (Phi) is 5.34. The quantitative estimate of drug-likeness (QED) is 0.662. The van der Waals surface area contributed by atoms with Gasteiger partial charge >= 0.3 is 0 Å². The molecule has 0 aliphatic heterocycles. The Morgan fingerprint density at radius 3 is 2.46 bits per heavy atom. The number of ether oxygens (including phenoxy) is 2. The van der Waals surface area contributed by atoms with Gasteiger partial charge in [0.2, 0.25) is 0 Å². The van der Waals surface area contributed by atoms with Gasteiger partial charge in [-0.05, 0) is 47.7 Å². The van der Waals surface area contributed by atoms with Crippen molar-refractivity contribution in [1.82, 2.24) is 5.32 Å². The lowest BCUT2D eigenvalue weighted by molar-refractivity contribution is 0.414. The van der Waals surface area contributed by atoms with E-state index >= 15 is 0 Å². The standard InChI is InChI=1S/C21H23NO2/c1-23-18-7-5-6-16(14-18)12-13-22-15-17-10-11-21(24-2)20-9-4-3-8-19(17)20/h3-11,14,22H,12-13,15H2,1-2H3. The van der Waals surface area contributed by atoms with Crippen LogP contribution in [0.2, 0.25) is 0 Å². The Hall–Kier alpha value is -2.52. The molecule has 3 aromatic carbocycles. The van der Waals surface area contributed by atoms with Gasteiger partial charge in [-0.2, -0.15) is 0 Å². The Labute approximate surface area is 143 Å². The van der Waals surface area contributed by atoms with Crippen LogP contribution in [0.15, 0.2) is 60.7 Å². The van der Waals surface area contributed by atoms with E-state index in [1.54, 1.807) is 14.2 Å². The van der Waals surface area contributed by atoms with Gasteiger partial charge in [0.1, 0.15) is 11.5 Å². The number of nitrogens with one attached hydrogen (secondary N) is 1. The average Bonchev–Trinajstić information content (AvgIpc) is 2.65. The topological polar surface area (TPSA) is 30.5 Å². The van der Waals surface area contributed by atoms with Crippen LogP contribution in [-0.4, -0.2) is 20.8 Å². The molecule has 0 atom stereocenters. The van der Waals surface area contributed by atoms with Gasteiger partial charge in [-0.1, -0.05) is 42.5 Å². The second-order valence-electron chi connectivity index (χ2n) is 5.75. The molecule has 0 saturated carbocycles. The normalized spacial score (nSPS) is 10.8. The Morgan fingerprint density at radius 2 is 1.67 bits per heavy atom. The fraction of sp³-hybridized carbons (Fsp3) is 0.238. The zero-order valence-corrected chi connectivity index (χ0v) is 14.2. The van der Waals surface area contributed by atoms with E-state index in [9.17, 15) is 0 Å². The number of fused-ring (bicyclic) bond motifs is 1. The number of methoxy groups -OCH3 is 2. The first-order valence-corrected chi connectivity index (χ1v) is 8.20. The summed E-state index contributed by atoms with van der Waals surface area (Å²) in [5, 5.41) is 5.94. The SMILES string of the molecule is COc1cccc(CCNCc2ccc(OC)c3ccccc23)c1. The summed E-state index contributed by atoms with van der Waals surface area (Å²) in [6, 6.07) is 20.8. The van der Waals surface area contributed by atoms with E-state index in [1.807, 2.05) is 24.3 Å². The fourth-order valence-electron chi connectivity index (χ4n) is 2.95. The summed E-state index contributed by atoms with van der Waals surface area (Å²) in [6.45, 7) is 1.77. The average molecular weight is 321 g/mol. The third-order valence-corrected chi connectivity index (χ3v) is 4.23. The molecule has 0 radical (unpaired) electrons. The minimum absolute atomic E-state index is 0.842. The van der Waals surface area contributed by atoms with E-state index in [4.69, 9.17) is 9.47 Å². The smallest absolute Gasteiger partial charge is 0.126 e. The van der Waals surface area contributed by atoms with E-state index in [0.717, 1.165) is 36.4 Å². The summed E-state index contributed by atoms with van der Waals surface area (Å²) in [5.74, 6) is 1.83. The van der Waals surface area contributed by atoms with Crippen LogP contribution in [-0.2, 0) is 13.0 Å². The summed E-state index contributed by atoms with van der Waals surface area (Å²) in [5.41, 5.74) is 2.57. The zero-order chi connectivity index (χ0) is 16.8. The van der Waals surface area contributed by atoms with Gasteiger partial charge in [-0.25, -0.2) is 0 Å². The van der Waals surface area contributed by atoms with Crippen molar-refractivity contribution < 1.29 is 9.47 Å². The molecule has 0 aliphatic carbocycles. The summed E-state index contributed by atoms with van der Waals surface area (Å²) in [6.07, 6.45) is 0.977. The van der Waals surface area contributed by atoms with Crippen molar-refractivity contribution in [3.8, 4) is 11.5 Å². The molecule has 0 bridgehead atoms. The van der Waals surface area contributed by atoms with Gasteiger partial charge in [-0.3, -0.25) is 0 Å². The minimum Gasteiger partial charge on any atom is -0.497 e. The van der Waals surface area contributed by atoms with E-state index in [0.29, 0.717) is 0 Å². The molecule has 0 spiro atoms. The predicted molar refractivity (Wildman–Crippen MR) is 98.9 cm³/mol. The Morgan fingerprint density at radius 1 is 0.833 bits per heavy atom. The van der Waals surface area contributed by atoms with Gasteiger partial charge in [-0.15, -0.1) is 0 Å². The van der Waals surface area contributed by atoms with Crippen molar-refractivity contribution >= 4 is 10.8 Å². The maximum Gasteiger partial charge on any atom is 0.126 e. The maximum atomic E-state index is 5.46. The lowest BCUT2D eigenvalue weighted by Gasteiger charge is -2.11. The molecule has 24 heavy (non-hydrogen) atoms. The van der Waals surface area contributed by atoms with Gasteiger partial charge in [0, 0.05) is 11.9 Å². The first-order valence-electron chi connectivity index (χ1n) is 8.20. The van der Waals surface area contributed by atoms with Crippen LogP contribution in [0.1, 0.15) is 11.1 Å². The first kappa shape index (κ1) is 16.3. The van der Waals surface area contributed by atoms with Crippen LogP contribution in [0.3, 0.4) is 0 Å². The van der Waals surface area contributed by atoms with Crippen LogP contribution < -0.4 is 14.8 Å². The zero-order valence-electron chi connectivity index (χ0n) is 14.2. The molecule has 3 aromatic rings. The Bertz CT molecular complexity index is 814. The van der Waals surface area contributed by atoms with E-state index < -0.39 is 0 Å². The number of hydrogen-bond donors (Lipinski definition) is 1. The molecular formula is C21H23NO2. The number of rotatable bonds is 7.